The van der Waals surface area contributed by atoms with Crippen molar-refractivity contribution in [1.82, 2.24) is 5.06 Å². The van der Waals surface area contributed by atoms with E-state index in [0.29, 0.717) is 0 Å². The van der Waals surface area contributed by atoms with Gasteiger partial charge in [-0.1, -0.05) is 0 Å². The Labute approximate surface area is 77.2 Å². The molecule has 0 atom stereocenters. The first kappa shape index (κ1) is 11.9. The number of carbonyl (C=O) groups excluding carboxylic acids is 1. The predicted octanol–water partition coefficient (Wildman–Crippen LogP) is 0.650. The van der Waals surface area contributed by atoms with Crippen LogP contribution in [-0.2, 0) is 14.4 Å². The Morgan fingerprint density at radius 3 is 2.08 bits per heavy atom. The second-order valence-electron chi connectivity index (χ2n) is 3.65. The first-order valence-electron chi connectivity index (χ1n) is 3.91. The third-order valence-electron chi connectivity index (χ3n) is 1.01. The minimum absolute atomic E-state index is 0.419. The lowest BCUT2D eigenvalue weighted by atomic mass is 10.2. The van der Waals surface area contributed by atoms with E-state index in [-0.39, 0.29) is 0 Å². The summed E-state index contributed by atoms with van der Waals surface area (Å²) in [6, 6.07) is 0. The Balaban J connectivity index is 4.27. The zero-order valence-corrected chi connectivity index (χ0v) is 8.33. The fraction of sp³-hybridized carbons (Fsp3) is 0.750. The summed E-state index contributed by atoms with van der Waals surface area (Å²) in [5.41, 5.74) is -0.568. The molecule has 0 saturated heterocycles. The van der Waals surface area contributed by atoms with Crippen LogP contribution in [-0.4, -0.2) is 34.2 Å². The topological polar surface area (TPSA) is 66.8 Å². The number of nitrogens with zero attached hydrogens (tertiary/aromatic N) is 1. The van der Waals surface area contributed by atoms with Gasteiger partial charge in [-0.05, 0) is 20.8 Å². The number of rotatable bonds is 3. The molecule has 1 amide bonds. The highest BCUT2D eigenvalue weighted by Gasteiger charge is 2.21. The molecule has 0 saturated carbocycles. The molecule has 1 N–H and O–H groups in total. The summed E-state index contributed by atoms with van der Waals surface area (Å²) in [7, 11) is 0. The van der Waals surface area contributed by atoms with E-state index in [9.17, 15) is 9.59 Å². The second kappa shape index (κ2) is 4.23. The highest BCUT2D eigenvalue weighted by molar-refractivity contribution is 5.78. The lowest BCUT2D eigenvalue weighted by molar-refractivity contribution is -0.227. The van der Waals surface area contributed by atoms with Crippen molar-refractivity contribution in [3.05, 3.63) is 0 Å². The van der Waals surface area contributed by atoms with Crippen LogP contribution in [0.1, 0.15) is 27.7 Å². The molecule has 0 aliphatic heterocycles. The lowest BCUT2D eigenvalue weighted by Gasteiger charge is -2.27. The average molecular weight is 189 g/mol. The summed E-state index contributed by atoms with van der Waals surface area (Å²) in [4.78, 5) is 26.3. The van der Waals surface area contributed by atoms with Gasteiger partial charge in [0.1, 0.15) is 6.54 Å². The van der Waals surface area contributed by atoms with Gasteiger partial charge in [0.15, 0.2) is 0 Å². The van der Waals surface area contributed by atoms with E-state index in [1.54, 1.807) is 20.8 Å². The quantitative estimate of drug-likeness (QED) is 0.662. The predicted molar refractivity (Wildman–Crippen MR) is 45.9 cm³/mol. The largest absolute Gasteiger partial charge is 0.480 e. The molecule has 0 bridgehead atoms. The third-order valence-corrected chi connectivity index (χ3v) is 1.01. The van der Waals surface area contributed by atoms with E-state index in [0.717, 1.165) is 5.06 Å². The van der Waals surface area contributed by atoms with E-state index in [4.69, 9.17) is 9.94 Å². The lowest BCUT2D eigenvalue weighted by Crippen LogP contribution is -2.40. The van der Waals surface area contributed by atoms with Crippen molar-refractivity contribution in [3.63, 3.8) is 0 Å². The molecule has 0 aliphatic rings. The van der Waals surface area contributed by atoms with Crippen LogP contribution in [0.15, 0.2) is 0 Å². The molecule has 76 valence electrons. The van der Waals surface area contributed by atoms with Crippen LogP contribution in [0.25, 0.3) is 0 Å². The van der Waals surface area contributed by atoms with Gasteiger partial charge in [-0.3, -0.25) is 14.4 Å². The molecular weight excluding hydrogens is 174 g/mol. The van der Waals surface area contributed by atoms with Crippen LogP contribution in [0.3, 0.4) is 0 Å². The van der Waals surface area contributed by atoms with Gasteiger partial charge in [-0.15, -0.1) is 0 Å². The number of carboxylic acids is 1. The molecule has 0 spiro atoms. The third kappa shape index (κ3) is 6.10. The van der Waals surface area contributed by atoms with E-state index in [1.165, 1.54) is 6.92 Å². The summed E-state index contributed by atoms with van der Waals surface area (Å²) >= 11 is 0. The molecule has 0 aliphatic carbocycles. The molecule has 0 unspecified atom stereocenters. The summed E-state index contributed by atoms with van der Waals surface area (Å²) in [5.74, 6) is -1.52. The highest BCUT2D eigenvalue weighted by atomic mass is 16.7. The first-order valence-corrected chi connectivity index (χ1v) is 3.91. The number of hydroxylamine groups is 2. The zero-order chi connectivity index (χ0) is 10.6. The molecule has 0 fully saturated rings. The minimum atomic E-state index is -1.10. The average Bonchev–Trinajstić information content (AvgIpc) is 1.81. The smallest absolute Gasteiger partial charge is 0.325 e. The van der Waals surface area contributed by atoms with Crippen molar-refractivity contribution in [2.45, 2.75) is 33.3 Å². The maximum absolute atomic E-state index is 10.9. The minimum Gasteiger partial charge on any atom is -0.480 e. The van der Waals surface area contributed by atoms with Crippen LogP contribution in [0.5, 0.6) is 0 Å². The van der Waals surface area contributed by atoms with Gasteiger partial charge < -0.3 is 5.11 Å². The van der Waals surface area contributed by atoms with Gasteiger partial charge in [0, 0.05) is 6.92 Å². The van der Waals surface area contributed by atoms with Gasteiger partial charge >= 0.3 is 5.97 Å². The van der Waals surface area contributed by atoms with Crippen molar-refractivity contribution in [2.24, 2.45) is 0 Å². The molecule has 0 rings (SSSR count). The van der Waals surface area contributed by atoms with Gasteiger partial charge in [-0.2, -0.15) is 0 Å². The molecule has 0 aromatic carbocycles. The molecule has 5 heteroatoms. The maximum Gasteiger partial charge on any atom is 0.325 e. The first-order chi connectivity index (χ1) is 5.72. The molecule has 0 radical (unpaired) electrons. The summed E-state index contributed by atoms with van der Waals surface area (Å²) in [6.07, 6.45) is 0. The van der Waals surface area contributed by atoms with Crippen molar-refractivity contribution >= 4 is 11.9 Å². The number of aliphatic carboxylic acids is 1. The normalized spacial score (nSPS) is 11.1. The van der Waals surface area contributed by atoms with Crippen LogP contribution >= 0.6 is 0 Å². The monoisotopic (exact) mass is 189 g/mol. The molecule has 13 heavy (non-hydrogen) atoms. The number of hydrogen-bond acceptors (Lipinski definition) is 3. The van der Waals surface area contributed by atoms with Crippen LogP contribution in [0.2, 0.25) is 0 Å². The number of carbonyl (C=O) groups is 2. The number of carboxylic acid groups (broad SMARTS) is 1. The van der Waals surface area contributed by atoms with Crippen LogP contribution in [0.4, 0.5) is 0 Å². The van der Waals surface area contributed by atoms with Gasteiger partial charge in [0.05, 0.1) is 5.60 Å². The Morgan fingerprint density at radius 2 is 1.85 bits per heavy atom. The van der Waals surface area contributed by atoms with Crippen molar-refractivity contribution < 1.29 is 19.5 Å². The molecule has 0 heterocycles. The van der Waals surface area contributed by atoms with Crippen LogP contribution < -0.4 is 0 Å². The SMILES string of the molecule is CC(=O)N(CC(=O)O)OC(C)(C)C. The highest BCUT2D eigenvalue weighted by Crippen LogP contribution is 2.09. The zero-order valence-electron chi connectivity index (χ0n) is 8.33. The van der Waals surface area contributed by atoms with E-state index in [2.05, 4.69) is 0 Å². The van der Waals surface area contributed by atoms with Crippen molar-refractivity contribution in [1.29, 1.82) is 0 Å². The molecular formula is C8H15NO4. The fourth-order valence-electron chi connectivity index (χ4n) is 0.661. The molecule has 5 nitrogen and oxygen atoms in total. The second-order valence-corrected chi connectivity index (χ2v) is 3.65. The maximum atomic E-state index is 10.9. The summed E-state index contributed by atoms with van der Waals surface area (Å²) in [5, 5.41) is 9.29. The van der Waals surface area contributed by atoms with E-state index < -0.39 is 24.0 Å². The van der Waals surface area contributed by atoms with Crippen molar-refractivity contribution in [3.8, 4) is 0 Å². The standard InChI is InChI=1S/C8H15NO4/c1-6(10)9(5-7(11)12)13-8(2,3)4/h5H2,1-4H3,(H,11,12). The summed E-state index contributed by atoms with van der Waals surface area (Å²) in [6.45, 7) is 6.04. The van der Waals surface area contributed by atoms with Gasteiger partial charge in [0.2, 0.25) is 5.91 Å². The summed E-state index contributed by atoms with van der Waals surface area (Å²) < 4.78 is 0. The molecule has 0 aromatic rings. The Kier molecular flexibility index (Phi) is 3.87. The Hall–Kier alpha value is -1.10. The number of amides is 1. The fourth-order valence-corrected chi connectivity index (χ4v) is 0.661. The van der Waals surface area contributed by atoms with E-state index >= 15 is 0 Å². The van der Waals surface area contributed by atoms with Crippen LogP contribution in [0, 0.1) is 0 Å². The molecule has 0 aromatic heterocycles. The Bertz CT molecular complexity index is 207. The van der Waals surface area contributed by atoms with Gasteiger partial charge in [0.25, 0.3) is 0 Å². The van der Waals surface area contributed by atoms with E-state index in [1.807, 2.05) is 0 Å². The van der Waals surface area contributed by atoms with Crippen molar-refractivity contribution in [2.75, 3.05) is 6.54 Å². The van der Waals surface area contributed by atoms with Gasteiger partial charge in [-0.25, -0.2) is 5.06 Å². The number of hydrogen-bond donors (Lipinski definition) is 1. The Morgan fingerprint density at radius 1 is 1.38 bits per heavy atom.